The topological polar surface area (TPSA) is 101 Å². The summed E-state index contributed by atoms with van der Waals surface area (Å²) in [7, 11) is 0. The Kier molecular flexibility index (Phi) is 4.19. The van der Waals surface area contributed by atoms with Crippen LogP contribution in [-0.2, 0) is 4.79 Å². The molecule has 2 rings (SSSR count). The average Bonchev–Trinajstić information content (AvgIpc) is 2.82. The Hall–Kier alpha value is -2.15. The Morgan fingerprint density at radius 3 is 2.90 bits per heavy atom. The fourth-order valence-electron chi connectivity index (χ4n) is 1.94. The van der Waals surface area contributed by atoms with Crippen molar-refractivity contribution in [2.45, 2.75) is 18.9 Å². The zero-order chi connectivity index (χ0) is 14.7. The summed E-state index contributed by atoms with van der Waals surface area (Å²) in [5, 5.41) is 16.1. The van der Waals surface area contributed by atoms with Crippen molar-refractivity contribution in [2.24, 2.45) is 0 Å². The zero-order valence-corrected chi connectivity index (χ0v) is 11.1. The molecule has 1 unspecified atom stereocenters. The first-order valence-corrected chi connectivity index (χ1v) is 6.36. The van der Waals surface area contributed by atoms with E-state index in [1.165, 1.54) is 12.1 Å². The summed E-state index contributed by atoms with van der Waals surface area (Å²) in [6.45, 7) is 0.267. The van der Waals surface area contributed by atoms with Crippen LogP contribution in [0.15, 0.2) is 18.2 Å². The fraction of sp³-hybridized carbons (Fsp3) is 0.333. The molecule has 7 nitrogen and oxygen atoms in total. The molecule has 20 heavy (non-hydrogen) atoms. The maximum absolute atomic E-state index is 11.9. The molecule has 0 radical (unpaired) electrons. The zero-order valence-electron chi connectivity index (χ0n) is 10.4. The molecule has 0 aliphatic carbocycles. The van der Waals surface area contributed by atoms with Crippen LogP contribution in [0.2, 0.25) is 5.02 Å². The van der Waals surface area contributed by atoms with Crippen LogP contribution < -0.4 is 10.6 Å². The Bertz CT molecular complexity index is 576. The summed E-state index contributed by atoms with van der Waals surface area (Å²) in [6.07, 6.45) is 1.10. The highest BCUT2D eigenvalue weighted by Gasteiger charge is 2.22. The van der Waals surface area contributed by atoms with Gasteiger partial charge in [0.2, 0.25) is 5.91 Å². The van der Waals surface area contributed by atoms with E-state index in [9.17, 15) is 19.7 Å². The van der Waals surface area contributed by atoms with Gasteiger partial charge >= 0.3 is 0 Å². The van der Waals surface area contributed by atoms with Gasteiger partial charge in [0.05, 0.1) is 15.5 Å². The third-order valence-corrected chi connectivity index (χ3v) is 3.33. The number of nitro groups is 1. The lowest BCUT2D eigenvalue weighted by molar-refractivity contribution is -0.384. The Balaban J connectivity index is 2.03. The molecule has 0 bridgehead atoms. The molecule has 1 aliphatic heterocycles. The standard InChI is InChI=1S/C12H12ClN3O4/c13-10-3-2-8(16(19)20)5-9(10)12(18)14-6-7-1-4-11(17)15-7/h2-3,5,7H,1,4,6H2,(H,14,18)(H,15,17). The number of hydrogen-bond donors (Lipinski definition) is 2. The smallest absolute Gasteiger partial charge is 0.270 e. The van der Waals surface area contributed by atoms with Gasteiger partial charge in [0.1, 0.15) is 0 Å². The van der Waals surface area contributed by atoms with Gasteiger partial charge in [-0.05, 0) is 12.5 Å². The molecule has 1 aromatic rings. The van der Waals surface area contributed by atoms with Gasteiger partial charge < -0.3 is 10.6 Å². The van der Waals surface area contributed by atoms with Crippen molar-refractivity contribution in [3.8, 4) is 0 Å². The van der Waals surface area contributed by atoms with Crippen LogP contribution in [0.1, 0.15) is 23.2 Å². The van der Waals surface area contributed by atoms with Crippen LogP contribution in [0.3, 0.4) is 0 Å². The maximum atomic E-state index is 11.9. The second kappa shape index (κ2) is 5.87. The van der Waals surface area contributed by atoms with Crippen LogP contribution in [0.5, 0.6) is 0 Å². The van der Waals surface area contributed by atoms with Gasteiger partial charge in [0, 0.05) is 31.1 Å². The minimum Gasteiger partial charge on any atom is -0.352 e. The summed E-state index contributed by atoms with van der Waals surface area (Å²) in [6, 6.07) is 3.57. The number of halogens is 1. The van der Waals surface area contributed by atoms with Crippen molar-refractivity contribution >= 4 is 29.1 Å². The number of rotatable bonds is 4. The van der Waals surface area contributed by atoms with E-state index < -0.39 is 10.8 Å². The summed E-state index contributed by atoms with van der Waals surface area (Å²) in [5.74, 6) is -0.544. The van der Waals surface area contributed by atoms with E-state index in [0.717, 1.165) is 6.07 Å². The van der Waals surface area contributed by atoms with Crippen LogP contribution in [0, 0.1) is 10.1 Å². The number of carbonyl (C=O) groups excluding carboxylic acids is 2. The first kappa shape index (κ1) is 14.3. The van der Waals surface area contributed by atoms with E-state index in [0.29, 0.717) is 12.8 Å². The normalized spacial score (nSPS) is 17.6. The van der Waals surface area contributed by atoms with Crippen molar-refractivity contribution in [2.75, 3.05) is 6.54 Å². The summed E-state index contributed by atoms with van der Waals surface area (Å²) in [4.78, 5) is 33.1. The SMILES string of the molecule is O=C1CCC(CNC(=O)c2cc([N+](=O)[O-])ccc2Cl)N1. The molecule has 1 heterocycles. The lowest BCUT2D eigenvalue weighted by Gasteiger charge is -2.11. The van der Waals surface area contributed by atoms with Gasteiger partial charge in [-0.1, -0.05) is 11.6 Å². The highest BCUT2D eigenvalue weighted by atomic mass is 35.5. The highest BCUT2D eigenvalue weighted by Crippen LogP contribution is 2.22. The largest absolute Gasteiger partial charge is 0.352 e. The predicted molar refractivity (Wildman–Crippen MR) is 71.6 cm³/mol. The van der Waals surface area contributed by atoms with Gasteiger partial charge in [0.25, 0.3) is 11.6 Å². The molecule has 1 aliphatic rings. The maximum Gasteiger partial charge on any atom is 0.270 e. The average molecular weight is 298 g/mol. The number of nitrogens with zero attached hydrogens (tertiary/aromatic N) is 1. The third-order valence-electron chi connectivity index (χ3n) is 3.00. The van der Waals surface area contributed by atoms with Crippen LogP contribution in [-0.4, -0.2) is 29.3 Å². The molecule has 1 atom stereocenters. The molecular formula is C12H12ClN3O4. The fourth-order valence-corrected chi connectivity index (χ4v) is 2.15. The van der Waals surface area contributed by atoms with Crippen molar-refractivity contribution in [3.63, 3.8) is 0 Å². The predicted octanol–water partition coefficient (Wildman–Crippen LogP) is 1.26. The van der Waals surface area contributed by atoms with E-state index in [1.54, 1.807) is 0 Å². The van der Waals surface area contributed by atoms with Gasteiger partial charge in [0.15, 0.2) is 0 Å². The quantitative estimate of drug-likeness (QED) is 0.645. The Morgan fingerprint density at radius 1 is 1.55 bits per heavy atom. The second-order valence-electron chi connectivity index (χ2n) is 4.43. The van der Waals surface area contributed by atoms with Crippen LogP contribution >= 0.6 is 11.6 Å². The van der Waals surface area contributed by atoms with E-state index >= 15 is 0 Å². The Morgan fingerprint density at radius 2 is 2.30 bits per heavy atom. The van der Waals surface area contributed by atoms with Gasteiger partial charge in [-0.3, -0.25) is 19.7 Å². The number of carbonyl (C=O) groups is 2. The monoisotopic (exact) mass is 297 g/mol. The number of amides is 2. The van der Waals surface area contributed by atoms with Crippen molar-refractivity contribution < 1.29 is 14.5 Å². The lowest BCUT2D eigenvalue weighted by atomic mass is 10.1. The Labute approximate surface area is 119 Å². The van der Waals surface area contributed by atoms with Crippen molar-refractivity contribution in [3.05, 3.63) is 38.9 Å². The highest BCUT2D eigenvalue weighted by molar-refractivity contribution is 6.33. The molecule has 106 valence electrons. The molecule has 8 heteroatoms. The number of benzene rings is 1. The molecule has 0 spiro atoms. The summed E-state index contributed by atoms with van der Waals surface area (Å²) < 4.78 is 0. The number of nitro benzene ring substituents is 1. The molecular weight excluding hydrogens is 286 g/mol. The molecule has 1 fully saturated rings. The van der Waals surface area contributed by atoms with Gasteiger partial charge in [-0.15, -0.1) is 0 Å². The molecule has 1 saturated heterocycles. The number of hydrogen-bond acceptors (Lipinski definition) is 4. The van der Waals surface area contributed by atoms with Crippen molar-refractivity contribution in [1.82, 2.24) is 10.6 Å². The van der Waals surface area contributed by atoms with E-state index in [4.69, 9.17) is 11.6 Å². The first-order chi connectivity index (χ1) is 9.47. The summed E-state index contributed by atoms with van der Waals surface area (Å²) >= 11 is 5.86. The van der Waals surface area contributed by atoms with Crippen LogP contribution in [0.25, 0.3) is 0 Å². The first-order valence-electron chi connectivity index (χ1n) is 5.99. The minimum atomic E-state index is -0.593. The van der Waals surface area contributed by atoms with E-state index in [-0.39, 0.29) is 34.8 Å². The van der Waals surface area contributed by atoms with E-state index in [2.05, 4.69) is 10.6 Å². The van der Waals surface area contributed by atoms with Gasteiger partial charge in [-0.2, -0.15) is 0 Å². The molecule has 1 aromatic carbocycles. The molecule has 2 amide bonds. The summed E-state index contributed by atoms with van der Waals surface area (Å²) in [5.41, 5.74) is -0.154. The molecule has 0 aromatic heterocycles. The van der Waals surface area contributed by atoms with Gasteiger partial charge in [-0.25, -0.2) is 0 Å². The molecule has 0 saturated carbocycles. The van der Waals surface area contributed by atoms with Crippen LogP contribution in [0.4, 0.5) is 5.69 Å². The lowest BCUT2D eigenvalue weighted by Crippen LogP contribution is -2.38. The van der Waals surface area contributed by atoms with E-state index in [1.807, 2.05) is 0 Å². The third kappa shape index (κ3) is 3.24. The minimum absolute atomic E-state index is 0.0439. The number of nitrogens with one attached hydrogen (secondary N) is 2. The molecule has 2 N–H and O–H groups in total. The number of non-ortho nitro benzene ring substituents is 1. The second-order valence-corrected chi connectivity index (χ2v) is 4.84. The van der Waals surface area contributed by atoms with Crippen molar-refractivity contribution in [1.29, 1.82) is 0 Å².